The molecular formula is C12H9BrFNO4S2. The van der Waals surface area contributed by atoms with Crippen molar-refractivity contribution in [2.75, 3.05) is 4.72 Å². The molecule has 1 aromatic heterocycles. The van der Waals surface area contributed by atoms with Gasteiger partial charge >= 0.3 is 5.97 Å². The van der Waals surface area contributed by atoms with Crippen molar-refractivity contribution in [1.82, 2.24) is 0 Å². The average molecular weight is 394 g/mol. The van der Waals surface area contributed by atoms with E-state index in [2.05, 4.69) is 20.7 Å². The van der Waals surface area contributed by atoms with Crippen LogP contribution < -0.4 is 4.72 Å². The first kappa shape index (κ1) is 15.9. The van der Waals surface area contributed by atoms with Gasteiger partial charge in [-0.3, -0.25) is 4.72 Å². The van der Waals surface area contributed by atoms with Gasteiger partial charge in [-0.1, -0.05) is 0 Å². The van der Waals surface area contributed by atoms with Gasteiger partial charge in [-0.2, -0.15) is 0 Å². The Labute approximate surface area is 132 Å². The van der Waals surface area contributed by atoms with Gasteiger partial charge in [0.05, 0.1) is 5.69 Å². The Bertz CT molecular complexity index is 817. The standard InChI is InChI=1S/C12H9BrFNO4S2/c1-6-11(5-10(20-6)12(16)17)21(18,19)15-9-4-7(14)2-3-8(9)13/h2-5,15H,1H3,(H,16,17). The third kappa shape index (κ3) is 3.42. The third-order valence-corrected chi connectivity index (χ3v) is 5.90. The number of hydrogen-bond acceptors (Lipinski definition) is 4. The van der Waals surface area contributed by atoms with Crippen LogP contribution in [0.4, 0.5) is 10.1 Å². The summed E-state index contributed by atoms with van der Waals surface area (Å²) in [5.74, 6) is -1.79. The second-order valence-electron chi connectivity index (χ2n) is 4.07. The minimum absolute atomic E-state index is 0.0393. The fraction of sp³-hybridized carbons (Fsp3) is 0.0833. The molecule has 0 unspecified atom stereocenters. The van der Waals surface area contributed by atoms with Crippen LogP contribution in [0.25, 0.3) is 0 Å². The quantitative estimate of drug-likeness (QED) is 0.832. The van der Waals surface area contributed by atoms with E-state index in [0.29, 0.717) is 9.35 Å². The smallest absolute Gasteiger partial charge is 0.345 e. The normalized spacial score (nSPS) is 11.4. The molecule has 0 atom stereocenters. The fourth-order valence-electron chi connectivity index (χ4n) is 1.61. The third-order valence-electron chi connectivity index (χ3n) is 2.55. The highest BCUT2D eigenvalue weighted by atomic mass is 79.9. The van der Waals surface area contributed by atoms with Crippen molar-refractivity contribution >= 4 is 48.9 Å². The molecule has 0 aliphatic heterocycles. The summed E-state index contributed by atoms with van der Waals surface area (Å²) in [6.07, 6.45) is 0. The van der Waals surface area contributed by atoms with Gasteiger partial charge < -0.3 is 5.11 Å². The summed E-state index contributed by atoms with van der Waals surface area (Å²) < 4.78 is 40.4. The molecule has 9 heteroatoms. The molecule has 21 heavy (non-hydrogen) atoms. The largest absolute Gasteiger partial charge is 0.477 e. The van der Waals surface area contributed by atoms with Gasteiger partial charge in [-0.05, 0) is 47.1 Å². The van der Waals surface area contributed by atoms with Crippen LogP contribution in [-0.4, -0.2) is 19.5 Å². The summed E-state index contributed by atoms with van der Waals surface area (Å²) in [6, 6.07) is 4.66. The first-order valence-corrected chi connectivity index (χ1v) is 8.61. The molecule has 0 radical (unpaired) electrons. The number of halogens is 2. The number of carboxylic acid groups (broad SMARTS) is 1. The molecule has 0 saturated heterocycles. The van der Waals surface area contributed by atoms with Crippen molar-refractivity contribution in [3.05, 3.63) is 44.3 Å². The molecule has 1 heterocycles. The number of aromatic carboxylic acids is 1. The minimum Gasteiger partial charge on any atom is -0.477 e. The van der Waals surface area contributed by atoms with Crippen LogP contribution in [0.3, 0.4) is 0 Å². The van der Waals surface area contributed by atoms with E-state index >= 15 is 0 Å². The number of aryl methyl sites for hydroxylation is 1. The molecule has 0 bridgehead atoms. The SMILES string of the molecule is Cc1sc(C(=O)O)cc1S(=O)(=O)Nc1cc(F)ccc1Br. The van der Waals surface area contributed by atoms with Crippen molar-refractivity contribution in [3.63, 3.8) is 0 Å². The number of hydrogen-bond donors (Lipinski definition) is 2. The van der Waals surface area contributed by atoms with E-state index in [4.69, 9.17) is 5.11 Å². The Morgan fingerprint density at radius 3 is 2.62 bits per heavy atom. The average Bonchev–Trinajstić information content (AvgIpc) is 2.77. The molecule has 0 aliphatic carbocycles. The van der Waals surface area contributed by atoms with Crippen molar-refractivity contribution in [2.24, 2.45) is 0 Å². The second-order valence-corrected chi connectivity index (χ2v) is 7.83. The molecule has 1 aromatic carbocycles. The number of benzene rings is 1. The predicted molar refractivity (Wildman–Crippen MR) is 80.9 cm³/mol. The number of sulfonamides is 1. The van der Waals surface area contributed by atoms with Gasteiger partial charge in [-0.15, -0.1) is 11.3 Å². The van der Waals surface area contributed by atoms with Gasteiger partial charge in [0.1, 0.15) is 15.6 Å². The topological polar surface area (TPSA) is 83.5 Å². The van der Waals surface area contributed by atoms with Crippen molar-refractivity contribution in [2.45, 2.75) is 11.8 Å². The molecule has 0 spiro atoms. The summed E-state index contributed by atoms with van der Waals surface area (Å²) in [5.41, 5.74) is 0.0393. The van der Waals surface area contributed by atoms with Crippen LogP contribution in [0.15, 0.2) is 33.6 Å². The molecule has 0 aliphatic rings. The number of carbonyl (C=O) groups is 1. The zero-order valence-corrected chi connectivity index (χ0v) is 13.8. The Morgan fingerprint density at radius 1 is 1.38 bits per heavy atom. The van der Waals surface area contributed by atoms with Crippen LogP contribution in [0.5, 0.6) is 0 Å². The zero-order chi connectivity index (χ0) is 15.8. The summed E-state index contributed by atoms with van der Waals surface area (Å²) in [5, 5.41) is 8.90. The van der Waals surface area contributed by atoms with E-state index < -0.39 is 21.8 Å². The van der Waals surface area contributed by atoms with Gasteiger partial charge in [-0.25, -0.2) is 17.6 Å². The monoisotopic (exact) mass is 393 g/mol. The van der Waals surface area contributed by atoms with E-state index in [1.54, 1.807) is 0 Å². The maximum Gasteiger partial charge on any atom is 0.345 e. The molecule has 0 amide bonds. The number of rotatable bonds is 4. The first-order valence-electron chi connectivity index (χ1n) is 5.52. The predicted octanol–water partition coefficient (Wildman–Crippen LogP) is 3.46. The molecule has 5 nitrogen and oxygen atoms in total. The lowest BCUT2D eigenvalue weighted by Crippen LogP contribution is -2.13. The lowest BCUT2D eigenvalue weighted by molar-refractivity contribution is 0.0702. The number of thiophene rings is 1. The van der Waals surface area contributed by atoms with Crippen LogP contribution in [-0.2, 0) is 10.0 Å². The molecule has 0 fully saturated rings. The summed E-state index contributed by atoms with van der Waals surface area (Å²) in [4.78, 5) is 11.0. The molecule has 112 valence electrons. The number of anilines is 1. The Morgan fingerprint density at radius 2 is 2.05 bits per heavy atom. The molecule has 2 N–H and O–H groups in total. The highest BCUT2D eigenvalue weighted by molar-refractivity contribution is 9.10. The fourth-order valence-corrected chi connectivity index (χ4v) is 4.59. The molecular weight excluding hydrogens is 385 g/mol. The van der Waals surface area contributed by atoms with Crippen molar-refractivity contribution in [1.29, 1.82) is 0 Å². The van der Waals surface area contributed by atoms with Gasteiger partial charge in [0, 0.05) is 9.35 Å². The Kier molecular flexibility index (Phi) is 4.35. The highest BCUT2D eigenvalue weighted by Crippen LogP contribution is 2.30. The summed E-state index contributed by atoms with van der Waals surface area (Å²) >= 11 is 3.98. The first-order chi connectivity index (χ1) is 9.70. The number of carboxylic acids is 1. The lowest BCUT2D eigenvalue weighted by Gasteiger charge is -2.09. The summed E-state index contributed by atoms with van der Waals surface area (Å²) in [6.45, 7) is 1.51. The summed E-state index contributed by atoms with van der Waals surface area (Å²) in [7, 11) is -4.00. The van der Waals surface area contributed by atoms with Gasteiger partial charge in [0.2, 0.25) is 0 Å². The van der Waals surface area contributed by atoms with Crippen LogP contribution in [0, 0.1) is 12.7 Å². The Balaban J connectivity index is 2.43. The highest BCUT2D eigenvalue weighted by Gasteiger charge is 2.23. The maximum absolute atomic E-state index is 13.2. The van der Waals surface area contributed by atoms with Crippen LogP contribution >= 0.6 is 27.3 Å². The maximum atomic E-state index is 13.2. The molecule has 2 rings (SSSR count). The number of nitrogens with one attached hydrogen (secondary N) is 1. The van der Waals surface area contributed by atoms with E-state index in [9.17, 15) is 17.6 Å². The van der Waals surface area contributed by atoms with Crippen molar-refractivity contribution in [3.8, 4) is 0 Å². The van der Waals surface area contributed by atoms with Gasteiger partial charge in [0.15, 0.2) is 0 Å². The van der Waals surface area contributed by atoms with E-state index in [1.807, 2.05) is 0 Å². The minimum atomic E-state index is -4.00. The van der Waals surface area contributed by atoms with Gasteiger partial charge in [0.25, 0.3) is 10.0 Å². The molecule has 2 aromatic rings. The van der Waals surface area contributed by atoms with Crippen LogP contribution in [0.1, 0.15) is 14.5 Å². The second kappa shape index (κ2) is 5.74. The van der Waals surface area contributed by atoms with E-state index in [1.165, 1.54) is 19.1 Å². The lowest BCUT2D eigenvalue weighted by atomic mass is 10.3. The zero-order valence-electron chi connectivity index (χ0n) is 10.6. The van der Waals surface area contributed by atoms with E-state index in [0.717, 1.165) is 23.5 Å². The van der Waals surface area contributed by atoms with E-state index in [-0.39, 0.29) is 15.5 Å². The van der Waals surface area contributed by atoms with Crippen LogP contribution in [0.2, 0.25) is 0 Å². The molecule has 0 saturated carbocycles. The van der Waals surface area contributed by atoms with Crippen molar-refractivity contribution < 1.29 is 22.7 Å². The Hall–Kier alpha value is -1.45.